The molecule has 4 heteroatoms. The number of hydrogen-bond donors (Lipinski definition) is 2. The van der Waals surface area contributed by atoms with Crippen LogP contribution in [0.5, 0.6) is 11.5 Å². The molecule has 0 radical (unpaired) electrons. The van der Waals surface area contributed by atoms with Crippen molar-refractivity contribution in [2.75, 3.05) is 6.61 Å². The number of aromatic amines is 1. The Balaban J connectivity index is 1.51. The Morgan fingerprint density at radius 1 is 0.852 bits per heavy atom. The van der Waals surface area contributed by atoms with Crippen LogP contribution in [0.1, 0.15) is 5.56 Å². The third-order valence-corrected chi connectivity index (χ3v) is 4.46. The predicted molar refractivity (Wildman–Crippen MR) is 107 cm³/mol. The molecule has 1 aromatic heterocycles. The number of phenols is 1. The van der Waals surface area contributed by atoms with Crippen molar-refractivity contribution in [2.24, 2.45) is 0 Å². The normalized spacial score (nSPS) is 10.7. The monoisotopic (exact) mass is 356 g/mol. The van der Waals surface area contributed by atoms with Gasteiger partial charge in [-0.05, 0) is 23.3 Å². The Morgan fingerprint density at radius 2 is 1.59 bits per heavy atom. The minimum atomic E-state index is 0.161. The molecular weight excluding hydrogens is 336 g/mol. The van der Waals surface area contributed by atoms with Crippen LogP contribution in [-0.4, -0.2) is 21.9 Å². The van der Waals surface area contributed by atoms with Gasteiger partial charge >= 0.3 is 0 Å². The van der Waals surface area contributed by atoms with Crippen molar-refractivity contribution in [3.05, 3.63) is 90.6 Å². The molecule has 0 atom stereocenters. The second-order valence-corrected chi connectivity index (χ2v) is 6.29. The van der Waals surface area contributed by atoms with Crippen LogP contribution in [0.2, 0.25) is 0 Å². The van der Waals surface area contributed by atoms with Gasteiger partial charge in [-0.15, -0.1) is 0 Å². The zero-order valence-corrected chi connectivity index (χ0v) is 14.8. The van der Waals surface area contributed by atoms with Crippen LogP contribution in [0, 0.1) is 0 Å². The van der Waals surface area contributed by atoms with Gasteiger partial charge in [0.1, 0.15) is 11.5 Å². The molecule has 0 unspecified atom stereocenters. The Hall–Kier alpha value is -3.53. The maximum atomic E-state index is 10.5. The van der Waals surface area contributed by atoms with Crippen molar-refractivity contribution >= 4 is 0 Å². The van der Waals surface area contributed by atoms with Gasteiger partial charge in [0.2, 0.25) is 0 Å². The molecule has 0 amide bonds. The topological polar surface area (TPSA) is 58.1 Å². The maximum Gasteiger partial charge on any atom is 0.128 e. The van der Waals surface area contributed by atoms with E-state index in [2.05, 4.69) is 22.3 Å². The Labute approximate surface area is 158 Å². The highest BCUT2D eigenvalue weighted by molar-refractivity contribution is 5.83. The molecule has 0 saturated carbocycles. The maximum absolute atomic E-state index is 10.5. The number of ether oxygens (including phenoxy) is 1. The molecule has 2 N–H and O–H groups in total. The summed E-state index contributed by atoms with van der Waals surface area (Å²) in [5.41, 5.74) is 4.70. The largest absolute Gasteiger partial charge is 0.507 e. The van der Waals surface area contributed by atoms with Gasteiger partial charge in [0.25, 0.3) is 0 Å². The smallest absolute Gasteiger partial charge is 0.128 e. The Morgan fingerprint density at radius 3 is 2.33 bits per heavy atom. The highest BCUT2D eigenvalue weighted by atomic mass is 16.5. The van der Waals surface area contributed by atoms with Gasteiger partial charge in [-0.2, -0.15) is 5.10 Å². The molecule has 0 fully saturated rings. The summed E-state index contributed by atoms with van der Waals surface area (Å²) in [7, 11) is 0. The first-order valence-corrected chi connectivity index (χ1v) is 8.90. The van der Waals surface area contributed by atoms with Crippen LogP contribution in [0.15, 0.2) is 85.1 Å². The molecule has 0 spiro atoms. The van der Waals surface area contributed by atoms with E-state index in [4.69, 9.17) is 4.74 Å². The molecule has 134 valence electrons. The van der Waals surface area contributed by atoms with E-state index in [1.807, 2.05) is 60.7 Å². The second kappa shape index (κ2) is 7.79. The van der Waals surface area contributed by atoms with Crippen LogP contribution in [0.3, 0.4) is 0 Å². The number of aromatic nitrogens is 2. The molecule has 1 heterocycles. The molecule has 4 aromatic rings. The molecule has 3 aromatic carbocycles. The van der Waals surface area contributed by atoms with Gasteiger partial charge in [-0.25, -0.2) is 0 Å². The quantitative estimate of drug-likeness (QED) is 0.507. The fourth-order valence-electron chi connectivity index (χ4n) is 3.07. The third-order valence-electron chi connectivity index (χ3n) is 4.46. The molecular formula is C23H20N2O2. The van der Waals surface area contributed by atoms with Crippen molar-refractivity contribution in [3.8, 4) is 33.9 Å². The minimum absolute atomic E-state index is 0.161. The lowest BCUT2D eigenvalue weighted by Crippen LogP contribution is -2.01. The van der Waals surface area contributed by atoms with Crippen LogP contribution >= 0.6 is 0 Å². The van der Waals surface area contributed by atoms with Gasteiger partial charge in [0.15, 0.2) is 0 Å². The van der Waals surface area contributed by atoms with Gasteiger partial charge in [0.05, 0.1) is 18.5 Å². The molecule has 27 heavy (non-hydrogen) atoms. The lowest BCUT2D eigenvalue weighted by atomic mass is 10.0. The Kier molecular flexibility index (Phi) is 4.88. The molecule has 4 nitrogen and oxygen atoms in total. The number of nitrogens with zero attached hydrogens (tertiary/aromatic N) is 1. The first kappa shape index (κ1) is 16.9. The summed E-state index contributed by atoms with van der Waals surface area (Å²) in [6.45, 7) is 0.558. The van der Waals surface area contributed by atoms with Gasteiger partial charge in [0, 0.05) is 23.6 Å². The second-order valence-electron chi connectivity index (χ2n) is 6.29. The van der Waals surface area contributed by atoms with Crippen molar-refractivity contribution in [1.82, 2.24) is 10.2 Å². The van der Waals surface area contributed by atoms with E-state index in [1.165, 1.54) is 5.56 Å². The Bertz CT molecular complexity index is 1010. The average Bonchev–Trinajstić information content (AvgIpc) is 3.19. The zero-order valence-electron chi connectivity index (χ0n) is 14.8. The summed E-state index contributed by atoms with van der Waals surface area (Å²) in [5.74, 6) is 0.807. The summed E-state index contributed by atoms with van der Waals surface area (Å²) in [5, 5.41) is 17.7. The number of rotatable bonds is 6. The highest BCUT2D eigenvalue weighted by Crippen LogP contribution is 2.36. The molecule has 0 aliphatic heterocycles. The molecule has 0 saturated heterocycles. The number of nitrogens with one attached hydrogen (secondary N) is 1. The van der Waals surface area contributed by atoms with E-state index in [0.717, 1.165) is 23.2 Å². The number of H-pyrrole nitrogens is 1. The van der Waals surface area contributed by atoms with Crippen molar-refractivity contribution in [3.63, 3.8) is 0 Å². The summed E-state index contributed by atoms with van der Waals surface area (Å²) < 4.78 is 5.79. The highest BCUT2D eigenvalue weighted by Gasteiger charge is 2.14. The van der Waals surface area contributed by atoms with E-state index in [-0.39, 0.29) is 5.75 Å². The summed E-state index contributed by atoms with van der Waals surface area (Å²) in [4.78, 5) is 0. The average molecular weight is 356 g/mol. The fourth-order valence-corrected chi connectivity index (χ4v) is 3.07. The molecule has 0 aliphatic carbocycles. The minimum Gasteiger partial charge on any atom is -0.507 e. The lowest BCUT2D eigenvalue weighted by molar-refractivity contribution is 0.320. The first-order chi connectivity index (χ1) is 13.3. The standard InChI is InChI=1S/C23H20N2O2/c26-22-15-19(27-14-13-17-7-3-1-4-8-17)11-12-20(22)23-21(16-24-25-23)18-9-5-2-6-10-18/h1-12,15-16,26H,13-14H2,(H,24,25). The van der Waals surface area contributed by atoms with Gasteiger partial charge < -0.3 is 9.84 Å². The van der Waals surface area contributed by atoms with Crippen LogP contribution in [0.25, 0.3) is 22.4 Å². The molecule has 4 rings (SSSR count). The van der Waals surface area contributed by atoms with Crippen molar-refractivity contribution < 1.29 is 9.84 Å². The summed E-state index contributed by atoms with van der Waals surface area (Å²) in [6.07, 6.45) is 2.59. The molecule has 0 bridgehead atoms. The van der Waals surface area contributed by atoms with Crippen LogP contribution < -0.4 is 4.74 Å². The predicted octanol–water partition coefficient (Wildman–Crippen LogP) is 5.07. The number of phenolic OH excluding ortho intramolecular Hbond substituents is 1. The first-order valence-electron chi connectivity index (χ1n) is 8.90. The van der Waals surface area contributed by atoms with Crippen LogP contribution in [0.4, 0.5) is 0 Å². The van der Waals surface area contributed by atoms with Crippen molar-refractivity contribution in [1.29, 1.82) is 0 Å². The lowest BCUT2D eigenvalue weighted by Gasteiger charge is -2.10. The van der Waals surface area contributed by atoms with Gasteiger partial charge in [-0.3, -0.25) is 5.10 Å². The van der Waals surface area contributed by atoms with E-state index >= 15 is 0 Å². The number of hydrogen-bond acceptors (Lipinski definition) is 3. The van der Waals surface area contributed by atoms with E-state index in [9.17, 15) is 5.11 Å². The van der Waals surface area contributed by atoms with Gasteiger partial charge in [-0.1, -0.05) is 60.7 Å². The van der Waals surface area contributed by atoms with Crippen molar-refractivity contribution in [2.45, 2.75) is 6.42 Å². The summed E-state index contributed by atoms with van der Waals surface area (Å²) in [6, 6.07) is 25.5. The number of benzene rings is 3. The van der Waals surface area contributed by atoms with E-state index < -0.39 is 0 Å². The fraction of sp³-hybridized carbons (Fsp3) is 0.0870. The SMILES string of the molecule is Oc1cc(OCCc2ccccc2)ccc1-c1[nH]ncc1-c1ccccc1. The third kappa shape index (κ3) is 3.85. The number of aromatic hydroxyl groups is 1. The van der Waals surface area contributed by atoms with E-state index in [0.29, 0.717) is 17.9 Å². The summed E-state index contributed by atoms with van der Waals surface area (Å²) >= 11 is 0. The molecule has 0 aliphatic rings. The van der Waals surface area contributed by atoms with E-state index in [1.54, 1.807) is 12.3 Å². The van der Waals surface area contributed by atoms with Crippen LogP contribution in [-0.2, 0) is 6.42 Å². The zero-order chi connectivity index (χ0) is 18.5.